The Morgan fingerprint density at radius 1 is 0.250 bits per heavy atom. The molecule has 0 amide bonds. The van der Waals surface area contributed by atoms with Crippen LogP contribution in [0.25, 0.3) is 65.7 Å². The van der Waals surface area contributed by atoms with E-state index in [1.807, 2.05) is 0 Å². The molecule has 0 saturated carbocycles. The third-order valence-electron chi connectivity index (χ3n) is 7.26. The standard InChI is InChI=1S/C36H24/c1-3-13-25(14-4-1)29-24-23-26-15-7-8-18-28(26)35(29)36-32-21-11-9-19-30(32)34(27-16-5-2-6-17-27)31-20-10-12-22-33(31)36/h1-24H. The van der Waals surface area contributed by atoms with Gasteiger partial charge in [-0.2, -0.15) is 0 Å². The van der Waals surface area contributed by atoms with Crippen LogP contribution in [-0.4, -0.2) is 0 Å². The molecule has 0 fully saturated rings. The van der Waals surface area contributed by atoms with E-state index in [2.05, 4.69) is 146 Å². The first kappa shape index (κ1) is 20.7. The Bertz CT molecular complexity index is 1810. The van der Waals surface area contributed by atoms with Crippen molar-refractivity contribution in [2.45, 2.75) is 0 Å². The fourth-order valence-corrected chi connectivity index (χ4v) is 5.71. The number of fused-ring (bicyclic) bond motifs is 3. The summed E-state index contributed by atoms with van der Waals surface area (Å²) in [6, 6.07) is 52.7. The summed E-state index contributed by atoms with van der Waals surface area (Å²) >= 11 is 0. The average Bonchev–Trinajstić information content (AvgIpc) is 2.96. The van der Waals surface area contributed by atoms with Crippen LogP contribution in [0.1, 0.15) is 0 Å². The van der Waals surface area contributed by atoms with Gasteiger partial charge in [-0.3, -0.25) is 0 Å². The van der Waals surface area contributed by atoms with Gasteiger partial charge in [-0.1, -0.05) is 146 Å². The number of rotatable bonds is 3. The molecule has 0 bridgehead atoms. The molecule has 36 heavy (non-hydrogen) atoms. The van der Waals surface area contributed by atoms with E-state index < -0.39 is 0 Å². The van der Waals surface area contributed by atoms with E-state index >= 15 is 0 Å². The van der Waals surface area contributed by atoms with Gasteiger partial charge in [-0.15, -0.1) is 0 Å². The van der Waals surface area contributed by atoms with Gasteiger partial charge in [0.15, 0.2) is 0 Å². The average molecular weight is 457 g/mol. The molecule has 0 saturated heterocycles. The summed E-state index contributed by atoms with van der Waals surface area (Å²) in [5.41, 5.74) is 7.64. The Morgan fingerprint density at radius 2 is 0.694 bits per heavy atom. The van der Waals surface area contributed by atoms with Gasteiger partial charge in [-0.25, -0.2) is 0 Å². The minimum Gasteiger partial charge on any atom is -0.0622 e. The summed E-state index contributed by atoms with van der Waals surface area (Å²) in [4.78, 5) is 0. The molecule has 0 heterocycles. The lowest BCUT2D eigenvalue weighted by atomic mass is 9.82. The molecule has 0 aliphatic rings. The minimum absolute atomic E-state index is 1.23. The van der Waals surface area contributed by atoms with Crippen LogP contribution >= 0.6 is 0 Å². The second-order valence-corrected chi connectivity index (χ2v) is 9.28. The van der Waals surface area contributed by atoms with E-state index in [1.54, 1.807) is 0 Å². The van der Waals surface area contributed by atoms with Gasteiger partial charge < -0.3 is 0 Å². The van der Waals surface area contributed by atoms with Gasteiger partial charge >= 0.3 is 0 Å². The molecule has 0 nitrogen and oxygen atoms in total. The van der Waals surface area contributed by atoms with Crippen molar-refractivity contribution >= 4 is 32.3 Å². The summed E-state index contributed by atoms with van der Waals surface area (Å²) in [6.45, 7) is 0. The van der Waals surface area contributed by atoms with Crippen LogP contribution in [0.4, 0.5) is 0 Å². The Labute approximate surface area is 211 Å². The van der Waals surface area contributed by atoms with Gasteiger partial charge in [0.05, 0.1) is 0 Å². The molecule has 0 aliphatic carbocycles. The van der Waals surface area contributed by atoms with Crippen molar-refractivity contribution in [2.24, 2.45) is 0 Å². The zero-order valence-corrected chi connectivity index (χ0v) is 19.9. The second kappa shape index (κ2) is 8.52. The SMILES string of the molecule is c1ccc(-c2ccc3ccccc3c2-c2c3ccccc3c(-c3ccccc3)c3ccccc23)cc1. The summed E-state index contributed by atoms with van der Waals surface area (Å²) in [5, 5.41) is 7.66. The largest absolute Gasteiger partial charge is 0.0622 e. The molecule has 7 aromatic rings. The lowest BCUT2D eigenvalue weighted by Crippen LogP contribution is -1.94. The van der Waals surface area contributed by atoms with Gasteiger partial charge in [0, 0.05) is 0 Å². The molecule has 0 N–H and O–H groups in total. The van der Waals surface area contributed by atoms with Crippen molar-refractivity contribution in [3.8, 4) is 33.4 Å². The molecule has 0 aliphatic heterocycles. The summed E-state index contributed by atoms with van der Waals surface area (Å²) in [7, 11) is 0. The summed E-state index contributed by atoms with van der Waals surface area (Å²) in [5.74, 6) is 0. The molecule has 168 valence electrons. The first-order valence-electron chi connectivity index (χ1n) is 12.5. The minimum atomic E-state index is 1.23. The van der Waals surface area contributed by atoms with Gasteiger partial charge in [-0.05, 0) is 65.7 Å². The van der Waals surface area contributed by atoms with Gasteiger partial charge in [0.25, 0.3) is 0 Å². The van der Waals surface area contributed by atoms with E-state index in [0.717, 1.165) is 0 Å². The van der Waals surface area contributed by atoms with Crippen molar-refractivity contribution < 1.29 is 0 Å². The molecule has 0 spiro atoms. The van der Waals surface area contributed by atoms with Crippen molar-refractivity contribution in [3.63, 3.8) is 0 Å². The van der Waals surface area contributed by atoms with Crippen LogP contribution in [0, 0.1) is 0 Å². The maximum absolute atomic E-state index is 2.29. The smallest absolute Gasteiger partial charge is 0.00139 e. The molecule has 7 aromatic carbocycles. The predicted octanol–water partition coefficient (Wildman–Crippen LogP) is 10.1. The van der Waals surface area contributed by atoms with E-state index in [-0.39, 0.29) is 0 Å². The Hall–Kier alpha value is -4.68. The highest BCUT2D eigenvalue weighted by Gasteiger charge is 2.20. The van der Waals surface area contributed by atoms with Crippen molar-refractivity contribution in [3.05, 3.63) is 146 Å². The van der Waals surface area contributed by atoms with Crippen LogP contribution < -0.4 is 0 Å². The van der Waals surface area contributed by atoms with Gasteiger partial charge in [0.1, 0.15) is 0 Å². The molecule has 0 heteroatoms. The molecular formula is C36H24. The fourth-order valence-electron chi connectivity index (χ4n) is 5.71. The normalized spacial score (nSPS) is 11.3. The number of hydrogen-bond donors (Lipinski definition) is 0. The lowest BCUT2D eigenvalue weighted by molar-refractivity contribution is 1.63. The predicted molar refractivity (Wildman–Crippen MR) is 155 cm³/mol. The third-order valence-corrected chi connectivity index (χ3v) is 7.26. The molecular weight excluding hydrogens is 432 g/mol. The Balaban J connectivity index is 1.72. The quantitative estimate of drug-likeness (QED) is 0.232. The Kier molecular flexibility index (Phi) is 4.89. The first-order valence-corrected chi connectivity index (χ1v) is 12.5. The van der Waals surface area contributed by atoms with E-state index in [0.29, 0.717) is 0 Å². The van der Waals surface area contributed by atoms with Crippen LogP contribution in [0.5, 0.6) is 0 Å². The maximum atomic E-state index is 2.29. The van der Waals surface area contributed by atoms with E-state index in [4.69, 9.17) is 0 Å². The Morgan fingerprint density at radius 3 is 1.28 bits per heavy atom. The molecule has 0 atom stereocenters. The highest BCUT2D eigenvalue weighted by molar-refractivity contribution is 6.25. The van der Waals surface area contributed by atoms with Crippen LogP contribution in [0.3, 0.4) is 0 Å². The summed E-state index contributed by atoms with van der Waals surface area (Å²) in [6.07, 6.45) is 0. The highest BCUT2D eigenvalue weighted by Crippen LogP contribution is 2.48. The van der Waals surface area contributed by atoms with E-state index in [1.165, 1.54) is 65.7 Å². The van der Waals surface area contributed by atoms with Crippen molar-refractivity contribution in [1.29, 1.82) is 0 Å². The monoisotopic (exact) mass is 456 g/mol. The lowest BCUT2D eigenvalue weighted by Gasteiger charge is -2.21. The van der Waals surface area contributed by atoms with Crippen LogP contribution in [0.15, 0.2) is 146 Å². The topological polar surface area (TPSA) is 0 Å². The zero-order valence-electron chi connectivity index (χ0n) is 19.9. The highest BCUT2D eigenvalue weighted by atomic mass is 14.2. The van der Waals surface area contributed by atoms with Crippen LogP contribution in [0.2, 0.25) is 0 Å². The molecule has 7 rings (SSSR count). The maximum Gasteiger partial charge on any atom is -0.00139 e. The van der Waals surface area contributed by atoms with Crippen molar-refractivity contribution in [1.82, 2.24) is 0 Å². The second-order valence-electron chi connectivity index (χ2n) is 9.28. The van der Waals surface area contributed by atoms with Crippen LogP contribution in [-0.2, 0) is 0 Å². The third kappa shape index (κ3) is 3.23. The zero-order chi connectivity index (χ0) is 23.9. The first-order chi connectivity index (χ1) is 17.9. The number of hydrogen-bond acceptors (Lipinski definition) is 0. The van der Waals surface area contributed by atoms with E-state index in [9.17, 15) is 0 Å². The van der Waals surface area contributed by atoms with Gasteiger partial charge in [0.2, 0.25) is 0 Å². The summed E-state index contributed by atoms with van der Waals surface area (Å²) < 4.78 is 0. The van der Waals surface area contributed by atoms with Crippen molar-refractivity contribution in [2.75, 3.05) is 0 Å². The molecule has 0 aromatic heterocycles. The molecule has 0 radical (unpaired) electrons. The number of benzene rings is 7. The molecule has 0 unspecified atom stereocenters. The fraction of sp³-hybridized carbons (Fsp3) is 0.